The second-order valence-corrected chi connectivity index (χ2v) is 5.40. The van der Waals surface area contributed by atoms with Gasteiger partial charge in [-0.15, -0.1) is 0 Å². The monoisotopic (exact) mass is 227 g/mol. The van der Waals surface area contributed by atoms with Crippen LogP contribution in [-0.2, 0) is 12.8 Å². The molecule has 1 aromatic carbocycles. The lowest BCUT2D eigenvalue weighted by molar-refractivity contribution is 0.680. The third kappa shape index (κ3) is 1.78. The molecule has 1 heterocycles. The number of rotatable bonds is 2. The Balaban J connectivity index is 2.11. The first-order valence-corrected chi connectivity index (χ1v) is 6.93. The van der Waals surface area contributed by atoms with Crippen LogP contribution in [0.3, 0.4) is 0 Å². The van der Waals surface area contributed by atoms with Gasteiger partial charge >= 0.3 is 0 Å². The summed E-state index contributed by atoms with van der Waals surface area (Å²) in [6.45, 7) is 4.57. The van der Waals surface area contributed by atoms with Gasteiger partial charge in [0.05, 0.1) is 0 Å². The first kappa shape index (κ1) is 10.9. The van der Waals surface area contributed by atoms with E-state index in [-0.39, 0.29) is 0 Å². The van der Waals surface area contributed by atoms with Crippen molar-refractivity contribution in [2.24, 2.45) is 0 Å². The number of aromatic nitrogens is 1. The van der Waals surface area contributed by atoms with E-state index in [1.807, 2.05) is 0 Å². The van der Waals surface area contributed by atoms with Crippen LogP contribution < -0.4 is 0 Å². The summed E-state index contributed by atoms with van der Waals surface area (Å²) >= 11 is 0. The maximum Gasteiger partial charge on any atom is 0.0461 e. The topological polar surface area (TPSA) is 15.8 Å². The Hall–Kier alpha value is -1.24. The van der Waals surface area contributed by atoms with Crippen molar-refractivity contribution in [2.75, 3.05) is 0 Å². The minimum absolute atomic E-state index is 0.666. The molecule has 1 heteroatoms. The third-order valence-electron chi connectivity index (χ3n) is 4.30. The fourth-order valence-corrected chi connectivity index (χ4v) is 2.97. The minimum atomic E-state index is 0.666. The van der Waals surface area contributed by atoms with Crippen LogP contribution in [0.15, 0.2) is 18.2 Å². The summed E-state index contributed by atoms with van der Waals surface area (Å²) in [5.41, 5.74) is 5.91. The van der Waals surface area contributed by atoms with Gasteiger partial charge in [0.1, 0.15) is 0 Å². The molecule has 0 amide bonds. The van der Waals surface area contributed by atoms with E-state index >= 15 is 0 Å². The number of benzene rings is 1. The van der Waals surface area contributed by atoms with Crippen LogP contribution in [-0.4, -0.2) is 4.98 Å². The molecule has 2 aromatic rings. The Morgan fingerprint density at radius 3 is 2.88 bits per heavy atom. The second kappa shape index (κ2) is 4.21. The molecule has 0 saturated carbocycles. The molecule has 1 unspecified atom stereocenters. The van der Waals surface area contributed by atoms with Gasteiger partial charge < -0.3 is 4.98 Å². The Labute approximate surface area is 103 Å². The van der Waals surface area contributed by atoms with E-state index in [9.17, 15) is 0 Å². The number of fused-ring (bicyclic) bond motifs is 3. The van der Waals surface area contributed by atoms with Crippen LogP contribution in [0.4, 0.5) is 0 Å². The summed E-state index contributed by atoms with van der Waals surface area (Å²) in [4.78, 5) is 3.64. The summed E-state index contributed by atoms with van der Waals surface area (Å²) in [6.07, 6.45) is 6.41. The highest BCUT2D eigenvalue weighted by Crippen LogP contribution is 2.31. The van der Waals surface area contributed by atoms with Gasteiger partial charge in [-0.2, -0.15) is 0 Å². The Morgan fingerprint density at radius 2 is 2.06 bits per heavy atom. The molecule has 0 spiro atoms. The molecule has 0 bridgehead atoms. The van der Waals surface area contributed by atoms with Crippen molar-refractivity contribution in [2.45, 2.75) is 51.9 Å². The minimum Gasteiger partial charge on any atom is -0.358 e. The molecule has 0 saturated heterocycles. The predicted molar refractivity (Wildman–Crippen MR) is 73.6 cm³/mol. The van der Waals surface area contributed by atoms with Gasteiger partial charge in [-0.1, -0.05) is 26.0 Å². The summed E-state index contributed by atoms with van der Waals surface area (Å²) < 4.78 is 0. The number of aromatic amines is 1. The number of aryl methyl sites for hydroxylation is 2. The van der Waals surface area contributed by atoms with Crippen molar-refractivity contribution >= 4 is 10.9 Å². The molecule has 1 aromatic heterocycles. The number of hydrogen-bond acceptors (Lipinski definition) is 0. The van der Waals surface area contributed by atoms with E-state index in [4.69, 9.17) is 0 Å². The Bertz CT molecular complexity index is 536. The molecule has 0 aliphatic heterocycles. The fourth-order valence-electron chi connectivity index (χ4n) is 2.97. The van der Waals surface area contributed by atoms with Crippen LogP contribution in [0.25, 0.3) is 10.9 Å². The molecular weight excluding hydrogens is 206 g/mol. The van der Waals surface area contributed by atoms with Gasteiger partial charge in [0, 0.05) is 16.6 Å². The largest absolute Gasteiger partial charge is 0.358 e. The first-order valence-electron chi connectivity index (χ1n) is 6.93. The maximum atomic E-state index is 3.64. The predicted octanol–water partition coefficient (Wildman–Crippen LogP) is 4.56. The van der Waals surface area contributed by atoms with Crippen molar-refractivity contribution in [1.82, 2.24) is 4.98 Å². The SMILES string of the molecule is CCC(C)c1ccc2c3c([nH]c2c1)CCCC3. The quantitative estimate of drug-likeness (QED) is 0.774. The van der Waals surface area contributed by atoms with E-state index < -0.39 is 0 Å². The second-order valence-electron chi connectivity index (χ2n) is 5.40. The molecule has 3 rings (SSSR count). The lowest BCUT2D eigenvalue weighted by Crippen LogP contribution is -1.99. The van der Waals surface area contributed by atoms with Gasteiger partial charge in [-0.3, -0.25) is 0 Å². The highest BCUT2D eigenvalue weighted by Gasteiger charge is 2.15. The highest BCUT2D eigenvalue weighted by atomic mass is 14.7. The summed E-state index contributed by atoms with van der Waals surface area (Å²) in [5, 5.41) is 1.46. The van der Waals surface area contributed by atoms with Crippen molar-refractivity contribution in [1.29, 1.82) is 0 Å². The van der Waals surface area contributed by atoms with Crippen molar-refractivity contribution < 1.29 is 0 Å². The third-order valence-corrected chi connectivity index (χ3v) is 4.30. The number of H-pyrrole nitrogens is 1. The van der Waals surface area contributed by atoms with Crippen LogP contribution in [0.1, 0.15) is 55.8 Å². The summed E-state index contributed by atoms with van der Waals surface area (Å²) in [7, 11) is 0. The standard InChI is InChI=1S/C16H21N/c1-3-11(2)12-8-9-14-13-6-4-5-7-15(13)17-16(14)10-12/h8-11,17H,3-7H2,1-2H3. The normalized spacial score (nSPS) is 17.1. The van der Waals surface area contributed by atoms with E-state index in [1.54, 1.807) is 5.56 Å². The van der Waals surface area contributed by atoms with Gasteiger partial charge in [0.2, 0.25) is 0 Å². The zero-order valence-electron chi connectivity index (χ0n) is 10.8. The Kier molecular flexibility index (Phi) is 2.70. The van der Waals surface area contributed by atoms with Gasteiger partial charge in [0.25, 0.3) is 0 Å². The molecule has 90 valence electrons. The van der Waals surface area contributed by atoms with E-state index in [1.165, 1.54) is 54.3 Å². The maximum absolute atomic E-state index is 3.64. The molecule has 1 nitrogen and oxygen atoms in total. The van der Waals surface area contributed by atoms with Gasteiger partial charge in [-0.25, -0.2) is 0 Å². The fraction of sp³-hybridized carbons (Fsp3) is 0.500. The van der Waals surface area contributed by atoms with Crippen LogP contribution in [0.2, 0.25) is 0 Å². The van der Waals surface area contributed by atoms with Crippen molar-refractivity contribution in [3.05, 3.63) is 35.0 Å². The van der Waals surface area contributed by atoms with Gasteiger partial charge in [-0.05, 0) is 55.2 Å². The molecule has 1 aliphatic rings. The molecule has 1 aliphatic carbocycles. The summed E-state index contributed by atoms with van der Waals surface area (Å²) in [6, 6.07) is 7.01. The molecule has 1 atom stereocenters. The zero-order valence-corrected chi connectivity index (χ0v) is 10.8. The lowest BCUT2D eigenvalue weighted by atomic mass is 9.93. The Morgan fingerprint density at radius 1 is 1.24 bits per heavy atom. The molecule has 0 fully saturated rings. The smallest absolute Gasteiger partial charge is 0.0461 e. The highest BCUT2D eigenvalue weighted by molar-refractivity contribution is 5.85. The molecule has 0 radical (unpaired) electrons. The van der Waals surface area contributed by atoms with E-state index in [0.29, 0.717) is 5.92 Å². The van der Waals surface area contributed by atoms with Crippen molar-refractivity contribution in [3.8, 4) is 0 Å². The number of hydrogen-bond donors (Lipinski definition) is 1. The van der Waals surface area contributed by atoms with Crippen molar-refractivity contribution in [3.63, 3.8) is 0 Å². The average molecular weight is 227 g/mol. The zero-order chi connectivity index (χ0) is 11.8. The number of nitrogens with one attached hydrogen (secondary N) is 1. The first-order chi connectivity index (χ1) is 8.29. The van der Waals surface area contributed by atoms with Crippen LogP contribution >= 0.6 is 0 Å². The van der Waals surface area contributed by atoms with E-state index in [0.717, 1.165) is 0 Å². The lowest BCUT2D eigenvalue weighted by Gasteiger charge is -2.10. The molecule has 1 N–H and O–H groups in total. The van der Waals surface area contributed by atoms with Crippen LogP contribution in [0, 0.1) is 0 Å². The van der Waals surface area contributed by atoms with Crippen LogP contribution in [0.5, 0.6) is 0 Å². The average Bonchev–Trinajstić information content (AvgIpc) is 2.75. The molecular formula is C16H21N. The van der Waals surface area contributed by atoms with Gasteiger partial charge in [0.15, 0.2) is 0 Å². The summed E-state index contributed by atoms with van der Waals surface area (Å²) in [5.74, 6) is 0.666. The van der Waals surface area contributed by atoms with E-state index in [2.05, 4.69) is 37.0 Å². The molecule has 17 heavy (non-hydrogen) atoms.